The third kappa shape index (κ3) is 3.18. The van der Waals surface area contributed by atoms with Gasteiger partial charge in [0.2, 0.25) is 0 Å². The second-order valence-corrected chi connectivity index (χ2v) is 6.96. The van der Waals surface area contributed by atoms with Gasteiger partial charge in [-0.05, 0) is 54.9 Å². The summed E-state index contributed by atoms with van der Waals surface area (Å²) in [4.78, 5) is 2.56. The van der Waals surface area contributed by atoms with E-state index in [1.54, 1.807) is 0 Å². The first-order valence-corrected chi connectivity index (χ1v) is 7.34. The molecular weight excluding hydrogens is 232 g/mol. The molecule has 1 aromatic rings. The van der Waals surface area contributed by atoms with Crippen LogP contribution in [0.2, 0.25) is 0 Å². The molecule has 0 bridgehead atoms. The van der Waals surface area contributed by atoms with Crippen molar-refractivity contribution in [3.8, 4) is 0 Å². The smallest absolute Gasteiger partial charge is 0.0236 e. The van der Waals surface area contributed by atoms with Gasteiger partial charge in [0.05, 0.1) is 0 Å². The van der Waals surface area contributed by atoms with Gasteiger partial charge in [-0.3, -0.25) is 4.90 Å². The number of nitrogens with zero attached hydrogens (tertiary/aromatic N) is 1. The van der Waals surface area contributed by atoms with Crippen LogP contribution in [-0.2, 0) is 6.54 Å². The Morgan fingerprint density at radius 2 is 1.79 bits per heavy atom. The largest absolute Gasteiger partial charge is 0.327 e. The third-order valence-electron chi connectivity index (χ3n) is 4.74. The summed E-state index contributed by atoms with van der Waals surface area (Å²) in [7, 11) is 0. The van der Waals surface area contributed by atoms with E-state index in [-0.39, 0.29) is 5.41 Å². The molecule has 2 nitrogen and oxygen atoms in total. The molecule has 0 spiro atoms. The van der Waals surface area contributed by atoms with Gasteiger partial charge in [0.25, 0.3) is 0 Å². The van der Waals surface area contributed by atoms with E-state index in [2.05, 4.69) is 51.7 Å². The molecule has 19 heavy (non-hydrogen) atoms. The molecule has 1 aliphatic rings. The number of rotatable bonds is 2. The Balaban J connectivity index is 2.12. The number of piperidine rings is 1. The molecule has 0 aliphatic carbocycles. The van der Waals surface area contributed by atoms with Gasteiger partial charge in [0.15, 0.2) is 0 Å². The molecule has 106 valence electrons. The highest BCUT2D eigenvalue weighted by Crippen LogP contribution is 2.29. The van der Waals surface area contributed by atoms with Crippen LogP contribution in [0.3, 0.4) is 0 Å². The highest BCUT2D eigenvalue weighted by atomic mass is 15.1. The van der Waals surface area contributed by atoms with Crippen LogP contribution >= 0.6 is 0 Å². The zero-order valence-electron chi connectivity index (χ0n) is 13.1. The average molecular weight is 260 g/mol. The van der Waals surface area contributed by atoms with E-state index in [1.807, 2.05) is 0 Å². The van der Waals surface area contributed by atoms with Crippen molar-refractivity contribution >= 4 is 0 Å². The second-order valence-electron chi connectivity index (χ2n) is 6.96. The Morgan fingerprint density at radius 1 is 1.16 bits per heavy atom. The molecule has 2 N–H and O–H groups in total. The molecule has 2 rings (SSSR count). The number of nitrogens with two attached hydrogens (primary N) is 1. The molecule has 2 heteroatoms. The van der Waals surface area contributed by atoms with Crippen molar-refractivity contribution in [1.29, 1.82) is 0 Å². The third-order valence-corrected chi connectivity index (χ3v) is 4.74. The summed E-state index contributed by atoms with van der Waals surface area (Å²) in [5.41, 5.74) is 12.1. The summed E-state index contributed by atoms with van der Waals surface area (Å²) in [6, 6.07) is 5.00. The zero-order valence-corrected chi connectivity index (χ0v) is 13.1. The van der Waals surface area contributed by atoms with Crippen LogP contribution < -0.4 is 5.73 Å². The monoisotopic (exact) mass is 260 g/mol. The van der Waals surface area contributed by atoms with Gasteiger partial charge >= 0.3 is 0 Å². The van der Waals surface area contributed by atoms with E-state index < -0.39 is 0 Å². The van der Waals surface area contributed by atoms with Crippen molar-refractivity contribution in [2.75, 3.05) is 13.1 Å². The topological polar surface area (TPSA) is 29.3 Å². The Labute approximate surface area is 118 Å². The number of benzene rings is 1. The molecule has 1 heterocycles. The lowest BCUT2D eigenvalue weighted by atomic mass is 9.79. The molecule has 0 radical (unpaired) electrons. The quantitative estimate of drug-likeness (QED) is 0.885. The van der Waals surface area contributed by atoms with E-state index in [0.717, 1.165) is 26.1 Å². The van der Waals surface area contributed by atoms with Crippen molar-refractivity contribution < 1.29 is 0 Å². The predicted molar refractivity (Wildman–Crippen MR) is 82.3 cm³/mol. The van der Waals surface area contributed by atoms with Crippen LogP contribution in [0.5, 0.6) is 0 Å². The molecule has 0 aromatic heterocycles. The van der Waals surface area contributed by atoms with Crippen molar-refractivity contribution in [3.05, 3.63) is 34.4 Å². The highest BCUT2D eigenvalue weighted by Gasteiger charge is 2.33. The van der Waals surface area contributed by atoms with Crippen molar-refractivity contribution in [1.82, 2.24) is 4.90 Å². The van der Waals surface area contributed by atoms with E-state index in [0.29, 0.717) is 6.04 Å². The minimum absolute atomic E-state index is 0.228. The van der Waals surface area contributed by atoms with Crippen molar-refractivity contribution in [2.24, 2.45) is 11.1 Å². The van der Waals surface area contributed by atoms with Crippen LogP contribution in [0.4, 0.5) is 0 Å². The fraction of sp³-hybridized carbons (Fsp3) is 0.647. The molecule has 1 atom stereocenters. The van der Waals surface area contributed by atoms with Gasteiger partial charge in [0.1, 0.15) is 0 Å². The second kappa shape index (κ2) is 5.26. The standard InChI is InChI=1S/C17H28N2/c1-12-8-14(3)15(9-13(12)2)10-19-7-6-16(18)17(4,5)11-19/h8-9,16H,6-7,10-11,18H2,1-5H3. The fourth-order valence-electron chi connectivity index (χ4n) is 3.05. The maximum absolute atomic E-state index is 6.22. The van der Waals surface area contributed by atoms with Gasteiger partial charge in [-0.25, -0.2) is 0 Å². The normalized spacial score (nSPS) is 23.6. The lowest BCUT2D eigenvalue weighted by Crippen LogP contribution is -2.52. The van der Waals surface area contributed by atoms with Crippen molar-refractivity contribution in [3.63, 3.8) is 0 Å². The van der Waals surface area contributed by atoms with Gasteiger partial charge in [-0.15, -0.1) is 0 Å². The molecule has 1 saturated heterocycles. The Kier molecular flexibility index (Phi) is 4.03. The van der Waals surface area contributed by atoms with Crippen LogP contribution in [0, 0.1) is 26.2 Å². The first-order valence-electron chi connectivity index (χ1n) is 7.34. The van der Waals surface area contributed by atoms with Gasteiger partial charge in [-0.1, -0.05) is 26.0 Å². The van der Waals surface area contributed by atoms with Crippen LogP contribution in [-0.4, -0.2) is 24.0 Å². The summed E-state index contributed by atoms with van der Waals surface area (Å²) in [6.45, 7) is 14.5. The van der Waals surface area contributed by atoms with E-state index in [1.165, 1.54) is 22.3 Å². The highest BCUT2D eigenvalue weighted by molar-refractivity contribution is 5.36. The van der Waals surface area contributed by atoms with Crippen LogP contribution in [0.1, 0.15) is 42.5 Å². The van der Waals surface area contributed by atoms with Gasteiger partial charge in [-0.2, -0.15) is 0 Å². The molecule has 0 saturated carbocycles. The zero-order chi connectivity index (χ0) is 14.2. The first-order chi connectivity index (χ1) is 8.79. The summed E-state index contributed by atoms with van der Waals surface area (Å²) in [5.74, 6) is 0. The molecule has 1 unspecified atom stereocenters. The Hall–Kier alpha value is -0.860. The minimum atomic E-state index is 0.228. The minimum Gasteiger partial charge on any atom is -0.327 e. The average Bonchev–Trinajstić information content (AvgIpc) is 2.30. The maximum Gasteiger partial charge on any atom is 0.0236 e. The summed E-state index contributed by atoms with van der Waals surface area (Å²) < 4.78 is 0. The lowest BCUT2D eigenvalue weighted by Gasteiger charge is -2.42. The number of hydrogen-bond acceptors (Lipinski definition) is 2. The van der Waals surface area contributed by atoms with Crippen LogP contribution in [0.15, 0.2) is 12.1 Å². The first kappa shape index (κ1) is 14.5. The van der Waals surface area contributed by atoms with Crippen molar-refractivity contribution in [2.45, 2.75) is 53.6 Å². The molecule has 1 aromatic carbocycles. The molecule has 0 amide bonds. The predicted octanol–water partition coefficient (Wildman–Crippen LogP) is 3.17. The van der Waals surface area contributed by atoms with Crippen LogP contribution in [0.25, 0.3) is 0 Å². The van der Waals surface area contributed by atoms with E-state index in [9.17, 15) is 0 Å². The van der Waals surface area contributed by atoms with E-state index in [4.69, 9.17) is 5.73 Å². The Bertz CT molecular complexity index is 463. The van der Waals surface area contributed by atoms with Gasteiger partial charge < -0.3 is 5.73 Å². The van der Waals surface area contributed by atoms with E-state index >= 15 is 0 Å². The molecular formula is C17H28N2. The summed E-state index contributed by atoms with van der Waals surface area (Å²) in [5, 5.41) is 0. The number of aryl methyl sites for hydroxylation is 3. The number of likely N-dealkylation sites (tertiary alicyclic amines) is 1. The molecule has 1 fully saturated rings. The number of hydrogen-bond donors (Lipinski definition) is 1. The fourth-order valence-corrected chi connectivity index (χ4v) is 3.05. The SMILES string of the molecule is Cc1cc(C)c(CN2CCC(N)C(C)(C)C2)cc1C. The summed E-state index contributed by atoms with van der Waals surface area (Å²) in [6.07, 6.45) is 1.11. The maximum atomic E-state index is 6.22. The molecule has 1 aliphatic heterocycles. The Morgan fingerprint density at radius 3 is 2.42 bits per heavy atom. The van der Waals surface area contributed by atoms with Gasteiger partial charge in [0, 0.05) is 25.7 Å². The lowest BCUT2D eigenvalue weighted by molar-refractivity contribution is 0.0897. The summed E-state index contributed by atoms with van der Waals surface area (Å²) >= 11 is 0.